The molecule has 0 saturated carbocycles. The van der Waals surface area contributed by atoms with Gasteiger partial charge in [-0.1, -0.05) is 42.8 Å². The number of benzene rings is 2. The zero-order valence-corrected chi connectivity index (χ0v) is 11.9. The van der Waals surface area contributed by atoms with Crippen molar-refractivity contribution >= 4 is 34.8 Å². The van der Waals surface area contributed by atoms with Crippen molar-refractivity contribution in [3.05, 3.63) is 41.4 Å². The van der Waals surface area contributed by atoms with Crippen LogP contribution in [-0.4, -0.2) is 19.7 Å². The van der Waals surface area contributed by atoms with Gasteiger partial charge in [-0.05, 0) is 18.7 Å². The minimum absolute atomic E-state index is 0. The number of hydrogen-bond donors (Lipinski definition) is 1. The number of halogens is 2. The van der Waals surface area contributed by atoms with Gasteiger partial charge in [-0.25, -0.2) is 0 Å². The second-order valence-corrected chi connectivity index (χ2v) is 4.20. The number of fused-ring (bicyclic) bond motifs is 1. The summed E-state index contributed by atoms with van der Waals surface area (Å²) in [6, 6.07) is 11.8. The van der Waals surface area contributed by atoms with E-state index in [1.807, 2.05) is 36.4 Å². The molecule has 0 spiro atoms. The van der Waals surface area contributed by atoms with Crippen LogP contribution in [0.4, 0.5) is 0 Å². The largest absolute Gasteiger partial charge is 0.492 e. The molecule has 4 heteroatoms. The van der Waals surface area contributed by atoms with Gasteiger partial charge in [0, 0.05) is 22.3 Å². The van der Waals surface area contributed by atoms with Gasteiger partial charge in [0.25, 0.3) is 0 Å². The van der Waals surface area contributed by atoms with Crippen molar-refractivity contribution in [2.45, 2.75) is 6.92 Å². The summed E-state index contributed by atoms with van der Waals surface area (Å²) < 4.78 is 5.76. The van der Waals surface area contributed by atoms with Crippen molar-refractivity contribution in [3.63, 3.8) is 0 Å². The molecule has 98 valence electrons. The molecule has 2 nitrogen and oxygen atoms in total. The summed E-state index contributed by atoms with van der Waals surface area (Å²) >= 11 is 6.14. The van der Waals surface area contributed by atoms with Gasteiger partial charge in [0.15, 0.2) is 0 Å². The lowest BCUT2D eigenvalue weighted by atomic mass is 10.1. The lowest BCUT2D eigenvalue weighted by molar-refractivity contribution is 0.319. The Labute approximate surface area is 119 Å². The molecule has 0 aliphatic rings. The topological polar surface area (TPSA) is 21.3 Å². The molecular formula is C14H17Cl2NO. The number of rotatable bonds is 5. The third kappa shape index (κ3) is 3.52. The molecular weight excluding hydrogens is 269 g/mol. The average molecular weight is 286 g/mol. The van der Waals surface area contributed by atoms with E-state index in [0.717, 1.165) is 34.6 Å². The molecule has 0 aromatic heterocycles. The van der Waals surface area contributed by atoms with Crippen LogP contribution in [0, 0.1) is 0 Å². The molecule has 1 N–H and O–H groups in total. The Morgan fingerprint density at radius 2 is 1.83 bits per heavy atom. The molecule has 0 bridgehead atoms. The SMILES string of the molecule is CCNCCOc1ccc(Cl)c2ccccc12.Cl. The standard InChI is InChI=1S/C14H16ClNO.ClH/c1-2-16-9-10-17-14-8-7-13(15)11-5-3-4-6-12(11)14;/h3-8,16H,2,9-10H2,1H3;1H. The molecule has 2 aromatic rings. The maximum absolute atomic E-state index is 6.14. The quantitative estimate of drug-likeness (QED) is 0.842. The van der Waals surface area contributed by atoms with E-state index in [2.05, 4.69) is 12.2 Å². The van der Waals surface area contributed by atoms with E-state index < -0.39 is 0 Å². The third-order valence-corrected chi connectivity index (χ3v) is 2.95. The maximum Gasteiger partial charge on any atom is 0.127 e. The molecule has 0 saturated heterocycles. The summed E-state index contributed by atoms with van der Waals surface area (Å²) in [5.74, 6) is 0.892. The molecule has 0 aliphatic heterocycles. The van der Waals surface area contributed by atoms with Gasteiger partial charge in [0.2, 0.25) is 0 Å². The molecule has 0 fully saturated rings. The van der Waals surface area contributed by atoms with E-state index in [-0.39, 0.29) is 12.4 Å². The lowest BCUT2D eigenvalue weighted by Gasteiger charge is -2.10. The van der Waals surface area contributed by atoms with E-state index in [4.69, 9.17) is 16.3 Å². The van der Waals surface area contributed by atoms with Gasteiger partial charge in [0.05, 0.1) is 0 Å². The molecule has 0 aliphatic carbocycles. The lowest BCUT2D eigenvalue weighted by Crippen LogP contribution is -2.20. The van der Waals surface area contributed by atoms with Crippen LogP contribution in [0.15, 0.2) is 36.4 Å². The first-order chi connectivity index (χ1) is 8.33. The summed E-state index contributed by atoms with van der Waals surface area (Å²) in [6.07, 6.45) is 0. The minimum Gasteiger partial charge on any atom is -0.492 e. The summed E-state index contributed by atoms with van der Waals surface area (Å²) in [5, 5.41) is 6.09. The Balaban J connectivity index is 0.00000162. The smallest absolute Gasteiger partial charge is 0.127 e. The fourth-order valence-electron chi connectivity index (χ4n) is 1.77. The monoisotopic (exact) mass is 285 g/mol. The fourth-order valence-corrected chi connectivity index (χ4v) is 2.00. The highest BCUT2D eigenvalue weighted by atomic mass is 35.5. The van der Waals surface area contributed by atoms with Crippen molar-refractivity contribution in [2.75, 3.05) is 19.7 Å². The predicted octanol–water partition coefficient (Wildman–Crippen LogP) is 3.90. The van der Waals surface area contributed by atoms with Gasteiger partial charge < -0.3 is 10.1 Å². The molecule has 0 amide bonds. The normalized spacial score (nSPS) is 10.1. The molecule has 2 rings (SSSR count). The van der Waals surface area contributed by atoms with Crippen molar-refractivity contribution in [2.24, 2.45) is 0 Å². The van der Waals surface area contributed by atoms with Crippen LogP contribution in [0.2, 0.25) is 5.02 Å². The Morgan fingerprint density at radius 3 is 2.56 bits per heavy atom. The summed E-state index contributed by atoms with van der Waals surface area (Å²) in [7, 11) is 0. The average Bonchev–Trinajstić information content (AvgIpc) is 2.37. The highest BCUT2D eigenvalue weighted by molar-refractivity contribution is 6.35. The third-order valence-electron chi connectivity index (χ3n) is 2.62. The molecule has 0 atom stereocenters. The van der Waals surface area contributed by atoms with E-state index in [0.29, 0.717) is 6.61 Å². The van der Waals surface area contributed by atoms with E-state index >= 15 is 0 Å². The fraction of sp³-hybridized carbons (Fsp3) is 0.286. The van der Waals surface area contributed by atoms with Gasteiger partial charge in [0.1, 0.15) is 12.4 Å². The molecule has 0 unspecified atom stereocenters. The Hall–Kier alpha value is -0.960. The van der Waals surface area contributed by atoms with Crippen LogP contribution in [-0.2, 0) is 0 Å². The predicted molar refractivity (Wildman–Crippen MR) is 80.2 cm³/mol. The van der Waals surface area contributed by atoms with Crippen LogP contribution in [0.1, 0.15) is 6.92 Å². The summed E-state index contributed by atoms with van der Waals surface area (Å²) in [5.41, 5.74) is 0. The Kier molecular flexibility index (Phi) is 6.27. The van der Waals surface area contributed by atoms with Crippen LogP contribution in [0.25, 0.3) is 10.8 Å². The minimum atomic E-state index is 0. The van der Waals surface area contributed by atoms with Gasteiger partial charge >= 0.3 is 0 Å². The maximum atomic E-state index is 6.14. The van der Waals surface area contributed by atoms with Crippen molar-refractivity contribution in [3.8, 4) is 5.75 Å². The van der Waals surface area contributed by atoms with Crippen molar-refractivity contribution in [1.29, 1.82) is 0 Å². The zero-order chi connectivity index (χ0) is 12.1. The van der Waals surface area contributed by atoms with Gasteiger partial charge in [-0.15, -0.1) is 12.4 Å². The van der Waals surface area contributed by atoms with Crippen molar-refractivity contribution < 1.29 is 4.74 Å². The Morgan fingerprint density at radius 1 is 1.11 bits per heavy atom. The highest BCUT2D eigenvalue weighted by Gasteiger charge is 2.04. The van der Waals surface area contributed by atoms with E-state index in [9.17, 15) is 0 Å². The summed E-state index contributed by atoms with van der Waals surface area (Å²) in [6.45, 7) is 4.56. The van der Waals surface area contributed by atoms with E-state index in [1.54, 1.807) is 0 Å². The number of nitrogens with one attached hydrogen (secondary N) is 1. The first-order valence-corrected chi connectivity index (χ1v) is 6.21. The summed E-state index contributed by atoms with van der Waals surface area (Å²) in [4.78, 5) is 0. The zero-order valence-electron chi connectivity index (χ0n) is 10.3. The molecule has 0 heterocycles. The number of likely N-dealkylation sites (N-methyl/N-ethyl adjacent to an activating group) is 1. The second kappa shape index (κ2) is 7.47. The Bertz CT molecular complexity index is 502. The van der Waals surface area contributed by atoms with Crippen LogP contribution < -0.4 is 10.1 Å². The molecule has 0 radical (unpaired) electrons. The van der Waals surface area contributed by atoms with Crippen LogP contribution in [0.3, 0.4) is 0 Å². The van der Waals surface area contributed by atoms with Gasteiger partial charge in [-0.3, -0.25) is 0 Å². The number of ether oxygens (including phenoxy) is 1. The molecule has 18 heavy (non-hydrogen) atoms. The van der Waals surface area contributed by atoms with Gasteiger partial charge in [-0.2, -0.15) is 0 Å². The number of hydrogen-bond acceptors (Lipinski definition) is 2. The van der Waals surface area contributed by atoms with Crippen LogP contribution in [0.5, 0.6) is 5.75 Å². The first kappa shape index (κ1) is 15.1. The van der Waals surface area contributed by atoms with E-state index in [1.165, 1.54) is 0 Å². The molecule has 2 aromatic carbocycles. The second-order valence-electron chi connectivity index (χ2n) is 3.79. The van der Waals surface area contributed by atoms with Crippen molar-refractivity contribution in [1.82, 2.24) is 5.32 Å². The highest BCUT2D eigenvalue weighted by Crippen LogP contribution is 2.31. The van der Waals surface area contributed by atoms with Crippen LogP contribution >= 0.6 is 24.0 Å². The first-order valence-electron chi connectivity index (χ1n) is 5.83.